The summed E-state index contributed by atoms with van der Waals surface area (Å²) in [6.45, 7) is 5.64. The first-order chi connectivity index (χ1) is 6.95. The van der Waals surface area contributed by atoms with Crippen LogP contribution in [0.2, 0.25) is 0 Å². The molecular weight excluding hydrogens is 258 g/mol. The molecular formula is C11H16BrNO2. The molecule has 0 aliphatic heterocycles. The van der Waals surface area contributed by atoms with Crippen LogP contribution in [0.15, 0.2) is 22.8 Å². The van der Waals surface area contributed by atoms with Gasteiger partial charge in [0, 0.05) is 0 Å². The van der Waals surface area contributed by atoms with E-state index in [1.54, 1.807) is 6.26 Å². The van der Waals surface area contributed by atoms with Crippen molar-refractivity contribution < 1.29 is 9.21 Å². The Labute approximate surface area is 98.4 Å². The van der Waals surface area contributed by atoms with Gasteiger partial charge in [0.1, 0.15) is 5.76 Å². The fraction of sp³-hybridized carbons (Fsp3) is 0.545. The summed E-state index contributed by atoms with van der Waals surface area (Å²) in [4.78, 5) is 11.7. The number of furan rings is 1. The van der Waals surface area contributed by atoms with Crippen LogP contribution in [0.1, 0.15) is 39.0 Å². The van der Waals surface area contributed by atoms with Crippen LogP contribution in [0.3, 0.4) is 0 Å². The molecule has 0 aliphatic rings. The fourth-order valence-corrected chi connectivity index (χ4v) is 1.31. The molecule has 0 aliphatic carbocycles. The number of amides is 1. The first-order valence-corrected chi connectivity index (χ1v) is 5.77. The molecule has 1 amide bonds. The average molecular weight is 274 g/mol. The molecule has 0 saturated carbocycles. The Bertz CT molecular complexity index is 314. The van der Waals surface area contributed by atoms with E-state index in [0.29, 0.717) is 0 Å². The molecule has 1 N–H and O–H groups in total. The van der Waals surface area contributed by atoms with Gasteiger partial charge in [0.05, 0.1) is 16.6 Å². The normalized spacial score (nSPS) is 13.6. The van der Waals surface area contributed by atoms with Crippen molar-refractivity contribution in [2.75, 3.05) is 0 Å². The molecule has 15 heavy (non-hydrogen) atoms. The van der Waals surface area contributed by atoms with E-state index in [9.17, 15) is 4.79 Å². The minimum atomic E-state index is -0.549. The number of hydrogen-bond acceptors (Lipinski definition) is 2. The Kier molecular flexibility index (Phi) is 3.97. The lowest BCUT2D eigenvalue weighted by Gasteiger charge is -2.20. The monoisotopic (exact) mass is 273 g/mol. The third kappa shape index (κ3) is 3.38. The molecule has 84 valence electrons. The zero-order valence-electron chi connectivity index (χ0n) is 9.21. The number of hydrogen-bond donors (Lipinski definition) is 1. The molecule has 1 aromatic rings. The molecule has 1 heterocycles. The largest absolute Gasteiger partial charge is 0.467 e. The van der Waals surface area contributed by atoms with E-state index >= 15 is 0 Å². The highest BCUT2D eigenvalue weighted by Gasteiger charge is 2.26. The predicted octanol–water partition coefficient (Wildman–Crippen LogP) is 3.02. The summed E-state index contributed by atoms with van der Waals surface area (Å²) >= 11 is 3.32. The van der Waals surface area contributed by atoms with Crippen LogP contribution in [-0.4, -0.2) is 10.2 Å². The third-order valence-electron chi connectivity index (χ3n) is 2.14. The number of nitrogens with one attached hydrogen (secondary N) is 1. The summed E-state index contributed by atoms with van der Waals surface area (Å²) in [6, 6.07) is 3.64. The summed E-state index contributed by atoms with van der Waals surface area (Å²) in [7, 11) is 0. The molecule has 0 fully saturated rings. The Morgan fingerprint density at radius 3 is 2.73 bits per heavy atom. The molecule has 3 nitrogen and oxygen atoms in total. The summed E-state index contributed by atoms with van der Waals surface area (Å²) < 4.78 is 4.72. The molecule has 0 saturated heterocycles. The Balaban J connectivity index is 2.67. The van der Waals surface area contributed by atoms with Crippen LogP contribution in [0.5, 0.6) is 0 Å². The van der Waals surface area contributed by atoms with Crippen LogP contribution in [0.25, 0.3) is 0 Å². The third-order valence-corrected chi connectivity index (χ3v) is 2.50. The lowest BCUT2D eigenvalue weighted by Crippen LogP contribution is -2.39. The number of alkyl halides is 1. The van der Waals surface area contributed by atoms with Gasteiger partial charge in [-0.3, -0.25) is 4.79 Å². The van der Waals surface area contributed by atoms with Gasteiger partial charge in [-0.15, -0.1) is 0 Å². The van der Waals surface area contributed by atoms with E-state index in [4.69, 9.17) is 4.42 Å². The van der Waals surface area contributed by atoms with Gasteiger partial charge in [0.15, 0.2) is 0 Å². The molecule has 0 aromatic carbocycles. The molecule has 4 heteroatoms. The van der Waals surface area contributed by atoms with Crippen molar-refractivity contribution in [3.8, 4) is 0 Å². The average Bonchev–Trinajstić information content (AvgIpc) is 2.64. The van der Waals surface area contributed by atoms with Crippen molar-refractivity contribution in [3.63, 3.8) is 0 Å². The van der Waals surface area contributed by atoms with Crippen molar-refractivity contribution >= 4 is 21.8 Å². The van der Waals surface area contributed by atoms with E-state index < -0.39 is 4.32 Å². The Morgan fingerprint density at radius 1 is 1.67 bits per heavy atom. The number of halogens is 1. The second-order valence-corrected chi connectivity index (χ2v) is 5.90. The molecule has 0 bridgehead atoms. The van der Waals surface area contributed by atoms with Crippen molar-refractivity contribution in [2.24, 2.45) is 0 Å². The van der Waals surface area contributed by atoms with E-state index in [2.05, 4.69) is 21.2 Å². The lowest BCUT2D eigenvalue weighted by atomic mass is 10.1. The Morgan fingerprint density at radius 2 is 2.33 bits per heavy atom. The maximum absolute atomic E-state index is 11.7. The minimum Gasteiger partial charge on any atom is -0.467 e. The van der Waals surface area contributed by atoms with E-state index in [1.165, 1.54) is 0 Å². The van der Waals surface area contributed by atoms with Gasteiger partial charge in [-0.05, 0) is 32.4 Å². The second-order valence-electron chi connectivity index (χ2n) is 3.92. The smallest absolute Gasteiger partial charge is 0.236 e. The second kappa shape index (κ2) is 4.84. The zero-order chi connectivity index (χ0) is 11.5. The first-order valence-electron chi connectivity index (χ1n) is 4.98. The first kappa shape index (κ1) is 12.3. The van der Waals surface area contributed by atoms with Gasteiger partial charge in [-0.1, -0.05) is 22.9 Å². The van der Waals surface area contributed by atoms with Crippen LogP contribution in [0, 0.1) is 0 Å². The van der Waals surface area contributed by atoms with Crippen molar-refractivity contribution in [2.45, 2.75) is 37.6 Å². The minimum absolute atomic E-state index is 0.0363. The standard InChI is InChI=1S/C11H16BrNO2/c1-4-8(9-6-5-7-15-9)13-10(14)11(2,3)12/h5-8H,4H2,1-3H3,(H,13,14). The van der Waals surface area contributed by atoms with Crippen LogP contribution < -0.4 is 5.32 Å². The van der Waals surface area contributed by atoms with Crippen molar-refractivity contribution in [1.82, 2.24) is 5.32 Å². The van der Waals surface area contributed by atoms with Crippen molar-refractivity contribution in [3.05, 3.63) is 24.2 Å². The van der Waals surface area contributed by atoms with Crippen LogP contribution in [0.4, 0.5) is 0 Å². The van der Waals surface area contributed by atoms with Crippen LogP contribution in [-0.2, 0) is 4.79 Å². The number of rotatable bonds is 4. The van der Waals surface area contributed by atoms with Gasteiger partial charge in [0.25, 0.3) is 0 Å². The molecule has 1 unspecified atom stereocenters. The van der Waals surface area contributed by atoms with E-state index in [-0.39, 0.29) is 11.9 Å². The summed E-state index contributed by atoms with van der Waals surface area (Å²) in [5.74, 6) is 0.758. The highest BCUT2D eigenvalue weighted by Crippen LogP contribution is 2.21. The summed E-state index contributed by atoms with van der Waals surface area (Å²) in [5, 5.41) is 2.93. The zero-order valence-corrected chi connectivity index (χ0v) is 10.8. The quantitative estimate of drug-likeness (QED) is 0.857. The van der Waals surface area contributed by atoms with E-state index in [1.807, 2.05) is 32.9 Å². The Hall–Kier alpha value is -0.770. The topological polar surface area (TPSA) is 42.2 Å². The fourth-order valence-electron chi connectivity index (χ4n) is 1.19. The summed E-state index contributed by atoms with van der Waals surface area (Å²) in [6.07, 6.45) is 2.42. The molecule has 1 rings (SSSR count). The highest BCUT2D eigenvalue weighted by atomic mass is 79.9. The lowest BCUT2D eigenvalue weighted by molar-refractivity contribution is -0.123. The highest BCUT2D eigenvalue weighted by molar-refractivity contribution is 9.10. The maximum Gasteiger partial charge on any atom is 0.236 e. The molecule has 0 radical (unpaired) electrons. The maximum atomic E-state index is 11.7. The summed E-state index contributed by atoms with van der Waals surface area (Å²) in [5.41, 5.74) is 0. The van der Waals surface area contributed by atoms with Gasteiger partial charge in [0.2, 0.25) is 5.91 Å². The molecule has 1 atom stereocenters. The number of carbonyl (C=O) groups is 1. The molecule has 1 aromatic heterocycles. The van der Waals surface area contributed by atoms with Crippen molar-refractivity contribution in [1.29, 1.82) is 0 Å². The SMILES string of the molecule is CCC(NC(=O)C(C)(C)Br)c1ccco1. The van der Waals surface area contributed by atoms with Crippen LogP contribution >= 0.6 is 15.9 Å². The van der Waals surface area contributed by atoms with Gasteiger partial charge in [-0.2, -0.15) is 0 Å². The van der Waals surface area contributed by atoms with Gasteiger partial charge in [-0.25, -0.2) is 0 Å². The molecule has 0 spiro atoms. The van der Waals surface area contributed by atoms with E-state index in [0.717, 1.165) is 12.2 Å². The predicted molar refractivity (Wildman–Crippen MR) is 62.9 cm³/mol. The van der Waals surface area contributed by atoms with Gasteiger partial charge < -0.3 is 9.73 Å². The van der Waals surface area contributed by atoms with Gasteiger partial charge >= 0.3 is 0 Å². The number of carbonyl (C=O) groups excluding carboxylic acids is 1.